The first kappa shape index (κ1) is 32.9. The number of ketones is 2. The van der Waals surface area contributed by atoms with Gasteiger partial charge in [0.05, 0.1) is 20.8 Å². The summed E-state index contributed by atoms with van der Waals surface area (Å²) in [6.07, 6.45) is 1.48. The van der Waals surface area contributed by atoms with E-state index in [2.05, 4.69) is 4.98 Å². The lowest BCUT2D eigenvalue weighted by molar-refractivity contribution is -0.248. The molecule has 3 N–H and O–H groups in total. The van der Waals surface area contributed by atoms with Crippen LogP contribution in [0.25, 0.3) is 10.9 Å². The van der Waals surface area contributed by atoms with Crippen molar-refractivity contribution in [1.29, 1.82) is 0 Å². The van der Waals surface area contributed by atoms with E-state index in [0.29, 0.717) is 14.1 Å². The van der Waals surface area contributed by atoms with Crippen LogP contribution in [0.2, 0.25) is 5.02 Å². The molecule has 5 aliphatic rings. The molecule has 1 unspecified atom stereocenters. The van der Waals surface area contributed by atoms with Crippen molar-refractivity contribution in [1.82, 2.24) is 4.98 Å². The molecule has 12 heteroatoms. The summed E-state index contributed by atoms with van der Waals surface area (Å²) in [4.78, 5) is 29.1. The molecular weight excluding hydrogens is 723 g/mol. The smallest absolute Gasteiger partial charge is 0.193 e. The summed E-state index contributed by atoms with van der Waals surface area (Å²) < 4.78 is 45.6. The van der Waals surface area contributed by atoms with E-state index in [1.54, 1.807) is 39.1 Å². The molecule has 0 bridgehead atoms. The molecule has 45 heavy (non-hydrogen) atoms. The molecule has 4 aliphatic carbocycles. The van der Waals surface area contributed by atoms with Gasteiger partial charge in [-0.25, -0.2) is 8.78 Å². The summed E-state index contributed by atoms with van der Waals surface area (Å²) in [5.74, 6) is -3.34. The number of hydrogen-bond donors (Lipinski definition) is 3. The third-order valence-corrected chi connectivity index (χ3v) is 12.1. The van der Waals surface area contributed by atoms with Crippen LogP contribution in [0.1, 0.15) is 47.0 Å². The van der Waals surface area contributed by atoms with Gasteiger partial charge in [0.25, 0.3) is 0 Å². The molecule has 1 aromatic carbocycles. The van der Waals surface area contributed by atoms with Crippen LogP contribution in [0.4, 0.5) is 8.78 Å². The molecule has 1 aliphatic heterocycles. The van der Waals surface area contributed by atoms with Crippen LogP contribution in [-0.2, 0) is 19.1 Å². The number of phenolic OH excluding ortho intramolecular Hbond substituents is 1. The molecule has 3 saturated carbocycles. The second-order valence-corrected chi connectivity index (χ2v) is 15.2. The number of pyridine rings is 1. The molecule has 7 rings (SSSR count). The van der Waals surface area contributed by atoms with Crippen LogP contribution < -0.4 is 0 Å². The highest BCUT2D eigenvalue weighted by molar-refractivity contribution is 14.1. The monoisotopic (exact) mass is 757 g/mol. The lowest BCUT2D eigenvalue weighted by Gasteiger charge is -2.63. The number of aliphatic hydroxyl groups excluding tert-OH is 2. The molecule has 9 atom stereocenters. The Balaban J connectivity index is 0.000000229. The molecule has 0 spiro atoms. The minimum Gasteiger partial charge on any atom is -0.505 e. The van der Waals surface area contributed by atoms with Crippen LogP contribution >= 0.6 is 34.2 Å². The van der Waals surface area contributed by atoms with Gasteiger partial charge in [0, 0.05) is 28.3 Å². The van der Waals surface area contributed by atoms with Gasteiger partial charge in [0.1, 0.15) is 18.3 Å². The first-order valence-electron chi connectivity index (χ1n) is 14.9. The highest BCUT2D eigenvalue weighted by atomic mass is 127. The molecule has 0 radical (unpaired) electrons. The van der Waals surface area contributed by atoms with Crippen LogP contribution in [-0.4, -0.2) is 73.9 Å². The van der Waals surface area contributed by atoms with E-state index in [-0.39, 0.29) is 30.6 Å². The highest BCUT2D eigenvalue weighted by Crippen LogP contribution is 2.72. The molecule has 242 valence electrons. The van der Waals surface area contributed by atoms with Crippen molar-refractivity contribution in [2.45, 2.75) is 82.4 Å². The number of aliphatic hydroxyl groups is 2. The molecule has 0 amide bonds. The maximum absolute atomic E-state index is 17.1. The average molecular weight is 758 g/mol. The Morgan fingerprint density at radius 3 is 2.62 bits per heavy atom. The van der Waals surface area contributed by atoms with Crippen molar-refractivity contribution in [3.05, 3.63) is 56.8 Å². The van der Waals surface area contributed by atoms with Gasteiger partial charge < -0.3 is 24.8 Å². The van der Waals surface area contributed by atoms with E-state index in [1.807, 2.05) is 28.7 Å². The van der Waals surface area contributed by atoms with Crippen LogP contribution in [0, 0.1) is 26.2 Å². The van der Waals surface area contributed by atoms with Gasteiger partial charge in [0.2, 0.25) is 0 Å². The topological polar surface area (TPSA) is 126 Å². The van der Waals surface area contributed by atoms with Crippen molar-refractivity contribution < 1.29 is 43.2 Å². The molecule has 2 aromatic rings. The number of Topliss-reactive ketones (excluding diaryl/α,β-unsaturated/α-hetero) is 1. The summed E-state index contributed by atoms with van der Waals surface area (Å²) in [5, 5.41) is 32.2. The van der Waals surface area contributed by atoms with Crippen molar-refractivity contribution >= 4 is 56.7 Å². The SMILES string of the molecule is CC1(C)O[C@H]2C[C@H]3[C@@H]4C[C@H](F)C5=CC(=O)C=C[C@]5(C)C4(F)[C@@H](O)C[C@]3(C)[C@]2(C(=O)CO)O1.Oc1c(I)cc(Cl)c2cccnc12. The zero-order chi connectivity index (χ0) is 32.9. The van der Waals surface area contributed by atoms with Gasteiger partial charge in [-0.1, -0.05) is 24.6 Å². The van der Waals surface area contributed by atoms with Crippen molar-refractivity contribution in [2.75, 3.05) is 6.61 Å². The highest BCUT2D eigenvalue weighted by Gasteiger charge is 2.80. The predicted molar refractivity (Wildman–Crippen MR) is 170 cm³/mol. The van der Waals surface area contributed by atoms with Crippen molar-refractivity contribution in [3.8, 4) is 5.75 Å². The predicted octanol–water partition coefficient (Wildman–Crippen LogP) is 5.57. The number of ether oxygens (including phenoxy) is 2. The van der Waals surface area contributed by atoms with Gasteiger partial charge in [-0.2, -0.15) is 0 Å². The number of rotatable bonds is 2. The van der Waals surface area contributed by atoms with Crippen molar-refractivity contribution in [2.24, 2.45) is 22.7 Å². The van der Waals surface area contributed by atoms with E-state index in [4.69, 9.17) is 21.1 Å². The summed E-state index contributed by atoms with van der Waals surface area (Å²) in [6, 6.07) is 5.35. The van der Waals surface area contributed by atoms with E-state index < -0.39 is 76.3 Å². The molecule has 8 nitrogen and oxygen atoms in total. The molecular formula is C33H35ClF2INO7. The maximum atomic E-state index is 17.1. The standard InChI is InChI=1S/C24H30F2O6.C9H5ClINO/c1-20(2)31-19-9-13-14-8-16(25)15-7-12(28)5-6-21(15,3)23(14,26)17(29)10-22(13,4)24(19,32-20)18(30)11-27;10-6-4-7(11)9(13)8-5(6)2-1-3-12-8/h5-7,13-14,16-17,19,27,29H,8-11H2,1-4H3;1-4,13H/t13-,14-,16-,17-,19-,21-,22-,23?,24+;/m0./s1. The molecule has 1 aromatic heterocycles. The number of halogens is 4. The van der Waals surface area contributed by atoms with Crippen LogP contribution in [0.3, 0.4) is 0 Å². The van der Waals surface area contributed by atoms with Gasteiger partial charge in [-0.15, -0.1) is 0 Å². The minimum atomic E-state index is -2.24. The molecule has 2 heterocycles. The number of hydrogen-bond acceptors (Lipinski definition) is 8. The van der Waals surface area contributed by atoms with Gasteiger partial charge >= 0.3 is 0 Å². The summed E-state index contributed by atoms with van der Waals surface area (Å²) in [6.45, 7) is 5.87. The lowest BCUT2D eigenvalue weighted by atomic mass is 9.44. The van der Waals surface area contributed by atoms with Gasteiger partial charge in [-0.05, 0) is 104 Å². The number of phenols is 1. The zero-order valence-corrected chi connectivity index (χ0v) is 28.1. The lowest BCUT2D eigenvalue weighted by Crippen LogP contribution is -2.71. The van der Waals surface area contributed by atoms with E-state index in [1.165, 1.54) is 19.1 Å². The molecule has 1 saturated heterocycles. The average Bonchev–Trinajstić information content (AvgIpc) is 3.40. The van der Waals surface area contributed by atoms with E-state index in [0.717, 1.165) is 11.5 Å². The van der Waals surface area contributed by atoms with Crippen LogP contribution in [0.5, 0.6) is 5.75 Å². The fraction of sp³-hybridized carbons (Fsp3) is 0.545. The zero-order valence-electron chi connectivity index (χ0n) is 25.2. The Morgan fingerprint density at radius 1 is 1.22 bits per heavy atom. The maximum Gasteiger partial charge on any atom is 0.193 e. The van der Waals surface area contributed by atoms with Gasteiger partial charge in [-0.3, -0.25) is 14.6 Å². The number of carbonyl (C=O) groups excluding carboxylic acids is 2. The number of aromatic hydroxyl groups is 1. The van der Waals surface area contributed by atoms with Crippen molar-refractivity contribution in [3.63, 3.8) is 0 Å². The van der Waals surface area contributed by atoms with E-state index >= 15 is 8.78 Å². The Hall–Kier alpha value is -2.03. The minimum absolute atomic E-state index is 0.0550. The quantitative estimate of drug-likeness (QED) is 0.340. The second kappa shape index (κ2) is 10.7. The normalized spacial score (nSPS) is 40.9. The first-order valence-corrected chi connectivity index (χ1v) is 16.3. The Bertz CT molecular complexity index is 1670. The number of benzene rings is 1. The fourth-order valence-electron chi connectivity index (χ4n) is 9.08. The Labute approximate surface area is 278 Å². The third kappa shape index (κ3) is 4.43. The third-order valence-electron chi connectivity index (χ3n) is 10.9. The summed E-state index contributed by atoms with van der Waals surface area (Å²) in [5.41, 5.74) is -5.74. The van der Waals surface area contributed by atoms with Crippen LogP contribution in [0.15, 0.2) is 48.2 Å². The van der Waals surface area contributed by atoms with E-state index in [9.17, 15) is 24.9 Å². The summed E-state index contributed by atoms with van der Waals surface area (Å²) in [7, 11) is 0. The number of allylic oxidation sites excluding steroid dienone is 4. The summed E-state index contributed by atoms with van der Waals surface area (Å²) >= 11 is 8.00. The number of carbonyl (C=O) groups is 2. The fourth-order valence-corrected chi connectivity index (χ4v) is 10.1. The largest absolute Gasteiger partial charge is 0.505 e. The second-order valence-electron chi connectivity index (χ2n) is 13.6. The Morgan fingerprint density at radius 2 is 1.93 bits per heavy atom. The Kier molecular flexibility index (Phi) is 7.85. The number of fused-ring (bicyclic) bond motifs is 8. The number of alkyl halides is 2. The number of nitrogens with zero attached hydrogens (tertiary/aromatic N) is 1. The van der Waals surface area contributed by atoms with Gasteiger partial charge in [0.15, 0.2) is 34.4 Å². The first-order chi connectivity index (χ1) is 21.0. The molecule has 4 fully saturated rings. The number of aromatic nitrogens is 1.